The van der Waals surface area contributed by atoms with Gasteiger partial charge in [0.2, 0.25) is 0 Å². The molecular weight excluding hydrogens is 208 g/mol. The van der Waals surface area contributed by atoms with Gasteiger partial charge in [-0.25, -0.2) is 4.39 Å². The second-order valence-electron chi connectivity index (χ2n) is 2.76. The number of rotatable bonds is 5. The van der Waals surface area contributed by atoms with Crippen LogP contribution in [-0.4, -0.2) is 18.2 Å². The van der Waals surface area contributed by atoms with Crippen LogP contribution in [0.25, 0.3) is 0 Å². The summed E-state index contributed by atoms with van der Waals surface area (Å²) in [6.45, 7) is -0.593. The third-order valence-corrected chi connectivity index (χ3v) is 1.65. The zero-order valence-electron chi connectivity index (χ0n) is 7.78. The number of nitro groups is 1. The Balaban J connectivity index is 2.82. The molecule has 0 saturated heterocycles. The van der Waals surface area contributed by atoms with Crippen molar-refractivity contribution in [1.82, 2.24) is 0 Å². The van der Waals surface area contributed by atoms with Crippen molar-refractivity contribution in [2.24, 2.45) is 0 Å². The summed E-state index contributed by atoms with van der Waals surface area (Å²) in [7, 11) is 0. The first-order valence-corrected chi connectivity index (χ1v) is 4.28. The largest absolute Gasteiger partial charge is 0.487 e. The molecule has 0 bridgehead atoms. The Morgan fingerprint density at radius 3 is 2.80 bits per heavy atom. The van der Waals surface area contributed by atoms with Gasteiger partial charge in [0.15, 0.2) is 5.75 Å². The molecule has 0 heterocycles. The van der Waals surface area contributed by atoms with Gasteiger partial charge in [0.05, 0.1) is 18.2 Å². The average molecular weight is 217 g/mol. The Morgan fingerprint density at radius 2 is 2.20 bits per heavy atom. The Hall–Kier alpha value is -1.72. The van der Waals surface area contributed by atoms with Crippen LogP contribution in [0.3, 0.4) is 0 Å². The van der Waals surface area contributed by atoms with Crippen LogP contribution in [0.4, 0.5) is 14.5 Å². The van der Waals surface area contributed by atoms with Gasteiger partial charge >= 0.3 is 5.69 Å². The summed E-state index contributed by atoms with van der Waals surface area (Å²) in [6, 6.07) is 2.90. The van der Waals surface area contributed by atoms with E-state index in [4.69, 9.17) is 4.74 Å². The molecular formula is C9H9F2NO3. The highest BCUT2D eigenvalue weighted by Gasteiger charge is 2.15. The van der Waals surface area contributed by atoms with Gasteiger partial charge in [0.1, 0.15) is 5.82 Å². The number of nitro benzene ring substituents is 1. The number of halogens is 2. The topological polar surface area (TPSA) is 52.4 Å². The van der Waals surface area contributed by atoms with Gasteiger partial charge in [-0.3, -0.25) is 14.5 Å². The van der Waals surface area contributed by atoms with E-state index < -0.39 is 17.4 Å². The minimum atomic E-state index is -0.676. The van der Waals surface area contributed by atoms with E-state index in [2.05, 4.69) is 0 Å². The molecule has 1 rings (SSSR count). The van der Waals surface area contributed by atoms with Gasteiger partial charge in [-0.2, -0.15) is 0 Å². The molecule has 0 unspecified atom stereocenters. The average Bonchev–Trinajstić information content (AvgIpc) is 2.18. The first-order chi connectivity index (χ1) is 7.15. The molecule has 1 aromatic rings. The number of hydrogen-bond donors (Lipinski definition) is 0. The molecule has 0 N–H and O–H groups in total. The van der Waals surface area contributed by atoms with Gasteiger partial charge in [-0.15, -0.1) is 0 Å². The van der Waals surface area contributed by atoms with E-state index >= 15 is 0 Å². The van der Waals surface area contributed by atoms with Crippen molar-refractivity contribution in [3.63, 3.8) is 0 Å². The zero-order valence-corrected chi connectivity index (χ0v) is 7.78. The third-order valence-electron chi connectivity index (χ3n) is 1.65. The summed E-state index contributed by atoms with van der Waals surface area (Å²) in [4.78, 5) is 9.82. The maximum Gasteiger partial charge on any atom is 0.311 e. The zero-order chi connectivity index (χ0) is 11.3. The smallest absolute Gasteiger partial charge is 0.311 e. The lowest BCUT2D eigenvalue weighted by Gasteiger charge is -2.05. The fraction of sp³-hybridized carbons (Fsp3) is 0.333. The lowest BCUT2D eigenvalue weighted by molar-refractivity contribution is -0.385. The maximum atomic E-state index is 12.7. The van der Waals surface area contributed by atoms with Gasteiger partial charge in [-0.1, -0.05) is 0 Å². The molecule has 0 aromatic heterocycles. The molecule has 0 fully saturated rings. The van der Waals surface area contributed by atoms with Crippen molar-refractivity contribution >= 4 is 5.69 Å². The molecule has 0 radical (unpaired) electrons. The Labute approximate surface area is 84.6 Å². The number of benzene rings is 1. The molecule has 0 atom stereocenters. The predicted octanol–water partition coefficient (Wildman–Crippen LogP) is 2.47. The first-order valence-electron chi connectivity index (χ1n) is 4.28. The van der Waals surface area contributed by atoms with Crippen molar-refractivity contribution < 1.29 is 18.4 Å². The van der Waals surface area contributed by atoms with Crippen molar-refractivity contribution in [2.45, 2.75) is 6.42 Å². The monoisotopic (exact) mass is 217 g/mol. The highest BCUT2D eigenvalue weighted by molar-refractivity contribution is 5.46. The lowest BCUT2D eigenvalue weighted by Crippen LogP contribution is -2.01. The van der Waals surface area contributed by atoms with Gasteiger partial charge in [0.25, 0.3) is 0 Å². The van der Waals surface area contributed by atoms with Crippen LogP contribution in [0, 0.1) is 15.9 Å². The molecule has 1 aromatic carbocycles. The molecule has 4 nitrogen and oxygen atoms in total. The van der Waals surface area contributed by atoms with Crippen LogP contribution in [0.15, 0.2) is 18.2 Å². The van der Waals surface area contributed by atoms with Gasteiger partial charge < -0.3 is 4.74 Å². The normalized spacial score (nSPS) is 10.0. The van der Waals surface area contributed by atoms with Crippen molar-refractivity contribution in [2.75, 3.05) is 13.3 Å². The quantitative estimate of drug-likeness (QED) is 0.432. The lowest BCUT2D eigenvalue weighted by atomic mass is 10.3. The van der Waals surface area contributed by atoms with Crippen LogP contribution in [-0.2, 0) is 0 Å². The van der Waals surface area contributed by atoms with E-state index in [1.807, 2.05) is 0 Å². The van der Waals surface area contributed by atoms with E-state index in [1.165, 1.54) is 0 Å². The van der Waals surface area contributed by atoms with E-state index in [9.17, 15) is 18.9 Å². The van der Waals surface area contributed by atoms with E-state index in [-0.39, 0.29) is 24.5 Å². The summed E-state index contributed by atoms with van der Waals surface area (Å²) in [5.41, 5.74) is -0.324. The molecule has 0 spiro atoms. The van der Waals surface area contributed by atoms with Crippen molar-refractivity contribution in [3.8, 4) is 5.75 Å². The Kier molecular flexibility index (Phi) is 3.96. The fourth-order valence-electron chi connectivity index (χ4n) is 0.991. The fourth-order valence-corrected chi connectivity index (χ4v) is 0.991. The van der Waals surface area contributed by atoms with Crippen LogP contribution in [0.5, 0.6) is 5.75 Å². The Bertz CT molecular complexity index is 357. The molecule has 82 valence electrons. The Morgan fingerprint density at radius 1 is 1.47 bits per heavy atom. The summed E-state index contributed by atoms with van der Waals surface area (Å²) in [5, 5.41) is 10.5. The third kappa shape index (κ3) is 3.16. The number of hydrogen-bond acceptors (Lipinski definition) is 3. The van der Waals surface area contributed by atoms with E-state index in [0.717, 1.165) is 18.2 Å². The second kappa shape index (κ2) is 5.23. The summed E-state index contributed by atoms with van der Waals surface area (Å²) in [5.74, 6) is -0.802. The summed E-state index contributed by atoms with van der Waals surface area (Å²) >= 11 is 0. The molecule has 0 aliphatic heterocycles. The van der Waals surface area contributed by atoms with Gasteiger partial charge in [-0.05, 0) is 6.07 Å². The van der Waals surface area contributed by atoms with Crippen molar-refractivity contribution in [1.29, 1.82) is 0 Å². The molecule has 0 amide bonds. The summed E-state index contributed by atoms with van der Waals surface area (Å²) < 4.78 is 29.4. The first kappa shape index (κ1) is 11.4. The number of ether oxygens (including phenoxy) is 1. The SMILES string of the molecule is O=[N+]([O-])c1ccc(F)cc1OCCCF. The van der Waals surface area contributed by atoms with Crippen molar-refractivity contribution in [3.05, 3.63) is 34.1 Å². The minimum Gasteiger partial charge on any atom is -0.487 e. The molecule has 6 heteroatoms. The van der Waals surface area contributed by atoms with E-state index in [0.29, 0.717) is 0 Å². The predicted molar refractivity (Wildman–Crippen MR) is 49.1 cm³/mol. The van der Waals surface area contributed by atoms with Crippen LogP contribution in [0.1, 0.15) is 6.42 Å². The highest BCUT2D eigenvalue weighted by Crippen LogP contribution is 2.27. The van der Waals surface area contributed by atoms with Crippen LogP contribution >= 0.6 is 0 Å². The van der Waals surface area contributed by atoms with Crippen LogP contribution < -0.4 is 4.74 Å². The minimum absolute atomic E-state index is 0.0131. The van der Waals surface area contributed by atoms with Gasteiger partial charge in [0, 0.05) is 18.6 Å². The molecule has 0 aliphatic carbocycles. The van der Waals surface area contributed by atoms with E-state index in [1.54, 1.807) is 0 Å². The molecule has 0 saturated carbocycles. The second-order valence-corrected chi connectivity index (χ2v) is 2.76. The summed E-state index contributed by atoms with van der Waals surface area (Å²) in [6.07, 6.45) is 0.119. The number of nitrogens with zero attached hydrogens (tertiary/aromatic N) is 1. The molecule has 0 aliphatic rings. The standard InChI is InChI=1S/C9H9F2NO3/c10-4-1-5-15-9-6-7(11)2-3-8(9)12(13)14/h2-3,6H,1,4-5H2. The maximum absolute atomic E-state index is 12.7. The van der Waals surface area contributed by atoms with Crippen LogP contribution in [0.2, 0.25) is 0 Å². The molecule has 15 heavy (non-hydrogen) atoms. The highest BCUT2D eigenvalue weighted by atomic mass is 19.1. The number of alkyl halides is 1.